The molecule has 3 heterocycles. The van der Waals surface area contributed by atoms with Gasteiger partial charge in [0, 0.05) is 7.05 Å². The number of imide groups is 1. The molecule has 5 heteroatoms. The van der Waals surface area contributed by atoms with E-state index in [1.54, 1.807) is 17.0 Å². The van der Waals surface area contributed by atoms with E-state index in [0.717, 1.165) is 31.3 Å². The molecule has 2 saturated heterocycles. The van der Waals surface area contributed by atoms with E-state index in [9.17, 15) is 14.4 Å². The van der Waals surface area contributed by atoms with Gasteiger partial charge in [-0.15, -0.1) is 0 Å². The average molecular weight is 350 g/mol. The van der Waals surface area contributed by atoms with Crippen LogP contribution in [-0.4, -0.2) is 35.2 Å². The van der Waals surface area contributed by atoms with Crippen LogP contribution >= 0.6 is 0 Å². The molecule has 0 N–H and O–H groups in total. The first-order valence-corrected chi connectivity index (χ1v) is 9.41. The summed E-state index contributed by atoms with van der Waals surface area (Å²) in [6, 6.07) is 9.11. The molecule has 4 atom stereocenters. The van der Waals surface area contributed by atoms with Gasteiger partial charge in [-0.05, 0) is 43.9 Å². The lowest BCUT2D eigenvalue weighted by Gasteiger charge is -2.60. The molecular weight excluding hydrogens is 328 g/mol. The number of likely N-dealkylation sites (N-methyl/N-ethyl adjacent to an activating group) is 1. The van der Waals surface area contributed by atoms with Crippen molar-refractivity contribution in [3.05, 3.63) is 41.5 Å². The van der Waals surface area contributed by atoms with Crippen molar-refractivity contribution in [3.8, 4) is 0 Å². The highest BCUT2D eigenvalue weighted by molar-refractivity contribution is 6.24. The summed E-state index contributed by atoms with van der Waals surface area (Å²) in [6.45, 7) is 2.00. The van der Waals surface area contributed by atoms with E-state index in [2.05, 4.69) is 0 Å². The van der Waals surface area contributed by atoms with E-state index >= 15 is 0 Å². The van der Waals surface area contributed by atoms with Crippen molar-refractivity contribution in [3.63, 3.8) is 0 Å². The predicted molar refractivity (Wildman–Crippen MR) is 96.1 cm³/mol. The molecule has 0 aromatic heterocycles. The molecule has 6 rings (SSSR count). The Kier molecular flexibility index (Phi) is 3.07. The Morgan fingerprint density at radius 2 is 1.73 bits per heavy atom. The number of hydrogen-bond acceptors (Lipinski definition) is 3. The summed E-state index contributed by atoms with van der Waals surface area (Å²) in [5, 5.41) is 0. The van der Waals surface area contributed by atoms with Gasteiger partial charge in [-0.25, -0.2) is 4.90 Å². The van der Waals surface area contributed by atoms with E-state index in [1.165, 1.54) is 10.5 Å². The maximum Gasteiger partial charge on any atom is 0.240 e. The first-order chi connectivity index (χ1) is 12.5. The van der Waals surface area contributed by atoms with E-state index < -0.39 is 23.3 Å². The summed E-state index contributed by atoms with van der Waals surface area (Å²) >= 11 is 0. The standard InChI is InChI=1S/C21H22N2O3/c1-12-14-10-6-7-11-21(14)17-16(15(12)18(24)22(21)2)19(25)23(20(17)26)13-8-4-3-5-9-13/h3-5,8-9,15-17H,6-7,10-11H2,1-2H3. The van der Waals surface area contributed by atoms with Crippen molar-refractivity contribution in [2.75, 3.05) is 11.9 Å². The van der Waals surface area contributed by atoms with E-state index in [1.807, 2.05) is 32.2 Å². The van der Waals surface area contributed by atoms with Crippen LogP contribution in [0.15, 0.2) is 41.5 Å². The van der Waals surface area contributed by atoms with Gasteiger partial charge in [0.1, 0.15) is 0 Å². The van der Waals surface area contributed by atoms with Crippen molar-refractivity contribution in [1.82, 2.24) is 4.90 Å². The summed E-state index contributed by atoms with van der Waals surface area (Å²) in [6.07, 6.45) is 3.77. The number of carbonyl (C=O) groups is 3. The second-order valence-corrected chi connectivity index (χ2v) is 8.02. The highest BCUT2D eigenvalue weighted by Gasteiger charge is 2.71. The SMILES string of the molecule is CC1=C2CCCCC23C2C(=O)N(c4ccccc4)C(=O)C2C1C(=O)N3C. The third kappa shape index (κ3) is 1.60. The average Bonchev–Trinajstić information content (AvgIpc) is 2.92. The van der Waals surface area contributed by atoms with Gasteiger partial charge in [0.25, 0.3) is 0 Å². The molecule has 2 aliphatic carbocycles. The van der Waals surface area contributed by atoms with Gasteiger partial charge >= 0.3 is 0 Å². The fourth-order valence-electron chi connectivity index (χ4n) is 6.09. The number of para-hydroxylation sites is 1. The molecule has 5 aliphatic rings. The Labute approximate surface area is 152 Å². The van der Waals surface area contributed by atoms with Crippen LogP contribution in [0.25, 0.3) is 0 Å². The van der Waals surface area contributed by atoms with Crippen molar-refractivity contribution < 1.29 is 14.4 Å². The maximum atomic E-state index is 13.5. The van der Waals surface area contributed by atoms with Crippen LogP contribution in [-0.2, 0) is 14.4 Å². The van der Waals surface area contributed by atoms with Crippen molar-refractivity contribution >= 4 is 23.4 Å². The Hall–Kier alpha value is -2.43. The molecule has 1 aromatic rings. The minimum absolute atomic E-state index is 0.00506. The summed E-state index contributed by atoms with van der Waals surface area (Å²) in [5.74, 6) is -1.81. The van der Waals surface area contributed by atoms with Crippen molar-refractivity contribution in [2.45, 2.75) is 38.1 Å². The van der Waals surface area contributed by atoms with Gasteiger partial charge < -0.3 is 4.90 Å². The van der Waals surface area contributed by atoms with Crippen LogP contribution in [0, 0.1) is 17.8 Å². The fourth-order valence-corrected chi connectivity index (χ4v) is 6.09. The predicted octanol–water partition coefficient (Wildman–Crippen LogP) is 2.52. The monoisotopic (exact) mass is 350 g/mol. The van der Waals surface area contributed by atoms with Crippen LogP contribution in [0.1, 0.15) is 32.6 Å². The second-order valence-electron chi connectivity index (χ2n) is 8.02. The third-order valence-electron chi connectivity index (χ3n) is 7.13. The van der Waals surface area contributed by atoms with Gasteiger partial charge in [-0.2, -0.15) is 0 Å². The Morgan fingerprint density at radius 1 is 1.00 bits per heavy atom. The Bertz CT molecular complexity index is 875. The zero-order valence-corrected chi connectivity index (χ0v) is 15.1. The maximum absolute atomic E-state index is 13.5. The number of carbonyl (C=O) groups excluding carboxylic acids is 3. The fraction of sp³-hybridized carbons (Fsp3) is 0.476. The topological polar surface area (TPSA) is 57.7 Å². The number of fused-ring (bicyclic) bond motifs is 1. The lowest BCUT2D eigenvalue weighted by molar-refractivity contribution is -0.160. The van der Waals surface area contributed by atoms with Crippen molar-refractivity contribution in [2.24, 2.45) is 17.8 Å². The van der Waals surface area contributed by atoms with Gasteiger partial charge in [0.05, 0.1) is 29.0 Å². The Morgan fingerprint density at radius 3 is 2.46 bits per heavy atom. The lowest BCUT2D eigenvalue weighted by Crippen LogP contribution is -2.70. The third-order valence-corrected chi connectivity index (χ3v) is 7.13. The van der Waals surface area contributed by atoms with E-state index in [0.29, 0.717) is 5.69 Å². The van der Waals surface area contributed by atoms with Crippen LogP contribution in [0.2, 0.25) is 0 Å². The number of hydrogen-bond donors (Lipinski definition) is 0. The summed E-state index contributed by atoms with van der Waals surface area (Å²) in [4.78, 5) is 43.0. The Balaban J connectivity index is 1.72. The number of benzene rings is 1. The highest BCUT2D eigenvalue weighted by atomic mass is 16.2. The largest absolute Gasteiger partial charge is 0.335 e. The zero-order chi connectivity index (χ0) is 18.2. The van der Waals surface area contributed by atoms with E-state index in [-0.39, 0.29) is 17.7 Å². The van der Waals surface area contributed by atoms with Crippen LogP contribution in [0.3, 0.4) is 0 Å². The quantitative estimate of drug-likeness (QED) is 0.578. The molecule has 1 saturated carbocycles. The molecule has 0 radical (unpaired) electrons. The number of anilines is 1. The van der Waals surface area contributed by atoms with E-state index in [4.69, 9.17) is 0 Å². The molecule has 2 bridgehead atoms. The smallest absolute Gasteiger partial charge is 0.240 e. The zero-order valence-electron chi connectivity index (χ0n) is 15.1. The summed E-state index contributed by atoms with van der Waals surface area (Å²) in [7, 11) is 1.83. The summed E-state index contributed by atoms with van der Waals surface area (Å²) in [5.41, 5.74) is 2.30. The number of piperidine rings is 1. The number of amides is 3. The molecule has 5 nitrogen and oxygen atoms in total. The van der Waals surface area contributed by atoms with Crippen LogP contribution in [0.4, 0.5) is 5.69 Å². The minimum Gasteiger partial charge on any atom is -0.335 e. The van der Waals surface area contributed by atoms with Crippen LogP contribution in [0.5, 0.6) is 0 Å². The number of nitrogens with zero attached hydrogens (tertiary/aromatic N) is 2. The summed E-state index contributed by atoms with van der Waals surface area (Å²) < 4.78 is 0. The molecule has 3 amide bonds. The second kappa shape index (κ2) is 5.06. The van der Waals surface area contributed by atoms with Gasteiger partial charge in [0.15, 0.2) is 0 Å². The molecule has 3 fully saturated rings. The van der Waals surface area contributed by atoms with Gasteiger partial charge in [0.2, 0.25) is 17.7 Å². The molecule has 26 heavy (non-hydrogen) atoms. The molecule has 1 spiro atoms. The van der Waals surface area contributed by atoms with Crippen molar-refractivity contribution in [1.29, 1.82) is 0 Å². The molecule has 4 unspecified atom stereocenters. The normalized spacial score (nSPS) is 35.9. The molecule has 1 aromatic carbocycles. The molecular formula is C21H22N2O3. The molecule has 134 valence electrons. The lowest BCUT2D eigenvalue weighted by atomic mass is 9.53. The molecule has 3 aliphatic heterocycles. The highest BCUT2D eigenvalue weighted by Crippen LogP contribution is 2.61. The van der Waals surface area contributed by atoms with Crippen LogP contribution < -0.4 is 4.90 Å². The number of rotatable bonds is 1. The first kappa shape index (κ1) is 15.8. The van der Waals surface area contributed by atoms with Gasteiger partial charge in [-0.3, -0.25) is 14.4 Å². The van der Waals surface area contributed by atoms with Gasteiger partial charge in [-0.1, -0.05) is 30.2 Å². The minimum atomic E-state index is -0.602. The first-order valence-electron chi connectivity index (χ1n) is 9.41.